The van der Waals surface area contributed by atoms with Crippen molar-refractivity contribution in [1.29, 1.82) is 0 Å². The van der Waals surface area contributed by atoms with E-state index in [-0.39, 0.29) is 29.6 Å². The summed E-state index contributed by atoms with van der Waals surface area (Å²) in [6.45, 7) is 11.0. The predicted molar refractivity (Wildman–Crippen MR) is 168 cm³/mol. The molecule has 2 aromatic heterocycles. The van der Waals surface area contributed by atoms with E-state index in [2.05, 4.69) is 71.4 Å². The quantitative estimate of drug-likeness (QED) is 0.120. The topological polar surface area (TPSA) is 131 Å². The first-order chi connectivity index (χ1) is 19.7. The highest BCUT2D eigenvalue weighted by molar-refractivity contribution is 14.1. The Hall–Kier alpha value is -2.92. The van der Waals surface area contributed by atoms with Crippen LogP contribution in [-0.4, -0.2) is 83.9 Å². The molecular formula is C28H35IN6O6Si. The number of imide groups is 1. The summed E-state index contributed by atoms with van der Waals surface area (Å²) < 4.78 is 15.5. The molecule has 0 radical (unpaired) electrons. The summed E-state index contributed by atoms with van der Waals surface area (Å²) in [5.41, 5.74) is 0.688. The van der Waals surface area contributed by atoms with Crippen molar-refractivity contribution in [3.8, 4) is 0 Å². The van der Waals surface area contributed by atoms with Gasteiger partial charge in [0.1, 0.15) is 18.4 Å². The Morgan fingerprint density at radius 1 is 1.19 bits per heavy atom. The van der Waals surface area contributed by atoms with Crippen molar-refractivity contribution in [2.24, 2.45) is 4.99 Å². The lowest BCUT2D eigenvalue weighted by Gasteiger charge is -2.37. The molecule has 4 heterocycles. The summed E-state index contributed by atoms with van der Waals surface area (Å²) in [6.07, 6.45) is 1.73. The van der Waals surface area contributed by atoms with Gasteiger partial charge in [-0.3, -0.25) is 24.2 Å². The molecule has 2 aliphatic heterocycles. The third-order valence-corrected chi connectivity index (χ3v) is 13.3. The normalized spacial score (nSPS) is 21.2. The maximum Gasteiger partial charge on any atom is 0.285 e. The van der Waals surface area contributed by atoms with Gasteiger partial charge in [0.2, 0.25) is 5.95 Å². The number of rotatable bonds is 8. The summed E-state index contributed by atoms with van der Waals surface area (Å²) in [4.78, 5) is 58.7. The number of hydrogen-bond acceptors (Lipinski definition) is 8. The maximum absolute atomic E-state index is 13.1. The van der Waals surface area contributed by atoms with E-state index in [9.17, 15) is 14.4 Å². The minimum Gasteiger partial charge on any atom is -0.414 e. The number of amides is 2. The number of nitrogens with one attached hydrogen (secondary N) is 1. The number of nitrogens with zero attached hydrogens (tertiary/aromatic N) is 5. The van der Waals surface area contributed by atoms with Crippen molar-refractivity contribution in [3.63, 3.8) is 0 Å². The van der Waals surface area contributed by atoms with Gasteiger partial charge in [-0.25, -0.2) is 4.99 Å². The number of aromatic amines is 1. The van der Waals surface area contributed by atoms with Gasteiger partial charge in [0, 0.05) is 30.3 Å². The van der Waals surface area contributed by atoms with Gasteiger partial charge in [0.25, 0.3) is 17.4 Å². The summed E-state index contributed by atoms with van der Waals surface area (Å²) >= 11 is 2.10. The molecule has 0 bridgehead atoms. The van der Waals surface area contributed by atoms with Crippen LogP contribution < -0.4 is 5.56 Å². The molecule has 1 saturated heterocycles. The van der Waals surface area contributed by atoms with E-state index in [4.69, 9.17) is 14.0 Å². The Balaban J connectivity index is 1.48. The number of carbonyl (C=O) groups is 2. The highest BCUT2D eigenvalue weighted by Crippen LogP contribution is 2.40. The van der Waals surface area contributed by atoms with Crippen LogP contribution in [0, 0.1) is 3.57 Å². The fourth-order valence-corrected chi connectivity index (χ4v) is 6.39. The average molecular weight is 707 g/mol. The molecule has 2 amide bonds. The lowest BCUT2D eigenvalue weighted by Crippen LogP contribution is -2.45. The van der Waals surface area contributed by atoms with E-state index in [1.54, 1.807) is 46.3 Å². The summed E-state index contributed by atoms with van der Waals surface area (Å²) in [5, 5.41) is 1.21. The Morgan fingerprint density at radius 3 is 2.43 bits per heavy atom. The van der Waals surface area contributed by atoms with Crippen molar-refractivity contribution in [1.82, 2.24) is 24.5 Å². The van der Waals surface area contributed by atoms with Crippen LogP contribution >= 0.6 is 22.6 Å². The van der Waals surface area contributed by atoms with Crippen LogP contribution in [0.1, 0.15) is 54.1 Å². The van der Waals surface area contributed by atoms with Gasteiger partial charge >= 0.3 is 0 Å². The number of halogens is 1. The molecule has 0 spiro atoms. The van der Waals surface area contributed by atoms with Crippen LogP contribution in [0.3, 0.4) is 0 Å². The zero-order valence-corrected chi connectivity index (χ0v) is 27.8. The smallest absolute Gasteiger partial charge is 0.285 e. The summed E-state index contributed by atoms with van der Waals surface area (Å²) in [6, 6.07) is 6.64. The molecule has 2 aliphatic rings. The number of H-pyrrole nitrogens is 1. The zero-order chi connectivity index (χ0) is 30.6. The molecule has 1 aromatic carbocycles. The van der Waals surface area contributed by atoms with E-state index >= 15 is 0 Å². The minimum atomic E-state index is -2.17. The largest absolute Gasteiger partial charge is 0.414 e. The van der Waals surface area contributed by atoms with Gasteiger partial charge in [-0.2, -0.15) is 4.98 Å². The number of hydrogen-bond donors (Lipinski definition) is 1. The van der Waals surface area contributed by atoms with E-state index in [0.29, 0.717) is 25.7 Å². The van der Waals surface area contributed by atoms with Crippen molar-refractivity contribution in [2.75, 3.05) is 20.7 Å². The van der Waals surface area contributed by atoms with Gasteiger partial charge in [-0.1, -0.05) is 32.9 Å². The van der Waals surface area contributed by atoms with Crippen LogP contribution in [0.2, 0.25) is 18.1 Å². The lowest BCUT2D eigenvalue weighted by atomic mass is 10.1. The van der Waals surface area contributed by atoms with E-state index in [1.165, 1.54) is 0 Å². The molecule has 5 rings (SSSR count). The predicted octanol–water partition coefficient (Wildman–Crippen LogP) is 4.46. The van der Waals surface area contributed by atoms with Gasteiger partial charge < -0.3 is 18.6 Å². The Morgan fingerprint density at radius 2 is 1.83 bits per heavy atom. The first-order valence-electron chi connectivity index (χ1n) is 13.6. The zero-order valence-electron chi connectivity index (χ0n) is 24.7. The Bertz CT molecular complexity index is 1590. The Kier molecular flexibility index (Phi) is 8.21. The van der Waals surface area contributed by atoms with Crippen molar-refractivity contribution in [2.45, 2.75) is 63.8 Å². The lowest BCUT2D eigenvalue weighted by molar-refractivity contribution is -0.154. The van der Waals surface area contributed by atoms with E-state index in [0.717, 1.165) is 5.06 Å². The number of aromatic nitrogens is 3. The molecular weight excluding hydrogens is 671 g/mol. The van der Waals surface area contributed by atoms with Gasteiger partial charge in [0.15, 0.2) is 14.0 Å². The highest BCUT2D eigenvalue weighted by atomic mass is 127. The number of carbonyl (C=O) groups excluding carboxylic acids is 2. The summed E-state index contributed by atoms with van der Waals surface area (Å²) in [5.74, 6) is -0.868. The second kappa shape index (κ2) is 11.3. The maximum atomic E-state index is 13.1. The molecule has 3 aromatic rings. The SMILES string of the molecule is CN(C)/C=N\c1nc2c(c(I)cn2[C@H]2C[C@@H](ON3C(=O)c4ccccc4C3=O)[C@@H](CO[Si](C)(C)C(C)(C)C)O2)c(=O)[nH]1. The number of fused-ring (bicyclic) bond motifs is 2. The number of aliphatic imine (C=N–C) groups is 1. The second-order valence-corrected chi connectivity index (χ2v) is 18.2. The van der Waals surface area contributed by atoms with E-state index < -0.39 is 38.6 Å². The molecule has 3 atom stereocenters. The molecule has 224 valence electrons. The molecule has 0 unspecified atom stereocenters. The monoisotopic (exact) mass is 706 g/mol. The number of ether oxygens (including phenoxy) is 1. The van der Waals surface area contributed by atoms with E-state index in [1.807, 2.05) is 14.1 Å². The number of hydroxylamine groups is 2. The van der Waals surface area contributed by atoms with Crippen molar-refractivity contribution in [3.05, 3.63) is 55.5 Å². The molecule has 14 heteroatoms. The average Bonchev–Trinajstić information content (AvgIpc) is 3.54. The van der Waals surface area contributed by atoms with Crippen LogP contribution in [0.4, 0.5) is 5.95 Å². The fraction of sp³-hybridized carbons (Fsp3) is 0.464. The Labute approximate surface area is 258 Å². The third-order valence-electron chi connectivity index (χ3n) is 7.94. The molecule has 0 aliphatic carbocycles. The highest BCUT2D eigenvalue weighted by Gasteiger charge is 2.46. The summed E-state index contributed by atoms with van der Waals surface area (Å²) in [7, 11) is 1.47. The van der Waals surface area contributed by atoms with Crippen LogP contribution in [0.25, 0.3) is 11.0 Å². The number of benzene rings is 1. The van der Waals surface area contributed by atoms with Crippen molar-refractivity contribution < 1.29 is 23.6 Å². The first-order valence-corrected chi connectivity index (χ1v) is 17.6. The molecule has 12 nitrogen and oxygen atoms in total. The molecule has 0 saturated carbocycles. The van der Waals surface area contributed by atoms with Crippen molar-refractivity contribution >= 4 is 66.0 Å². The second-order valence-electron chi connectivity index (χ2n) is 12.2. The van der Waals surface area contributed by atoms with Gasteiger partial charge in [0.05, 0.1) is 29.5 Å². The molecule has 1 fully saturated rings. The van der Waals surface area contributed by atoms with Gasteiger partial charge in [-0.15, -0.1) is 5.06 Å². The van der Waals surface area contributed by atoms with Crippen LogP contribution in [-0.2, 0) is 14.0 Å². The molecule has 1 N–H and O–H groups in total. The standard InChI is InChI=1S/C28H35IN6O6Si/c1-28(2,3)42(6,7)39-14-20-19(41-35-25(37)16-10-8-9-11-17(16)26(35)38)12-21(40-20)34-13-18(29)22-23(34)31-27(32-24(22)36)30-15-33(4)5/h8-11,13,15,19-21H,12,14H2,1-7H3,(H,31,32,36)/b30-15-/t19-,20-,21-/m1/s1. The third kappa shape index (κ3) is 5.69. The van der Waals surface area contributed by atoms with Crippen LogP contribution in [0.15, 0.2) is 40.2 Å². The minimum absolute atomic E-state index is 0.0367. The molecule has 42 heavy (non-hydrogen) atoms. The first kappa shape index (κ1) is 30.5. The van der Waals surface area contributed by atoms with Gasteiger partial charge in [-0.05, 0) is 52.9 Å². The van der Waals surface area contributed by atoms with Crippen LogP contribution in [0.5, 0.6) is 0 Å². The fourth-order valence-electron chi connectivity index (χ4n) is 4.59.